The van der Waals surface area contributed by atoms with E-state index in [9.17, 15) is 0 Å². The Labute approximate surface area is 274 Å². The van der Waals surface area contributed by atoms with Crippen LogP contribution in [-0.4, -0.2) is 18.5 Å². The molecule has 1 aliphatic heterocycles. The van der Waals surface area contributed by atoms with Crippen molar-refractivity contribution in [1.29, 1.82) is 0 Å². The Morgan fingerprint density at radius 3 is 1.63 bits per heavy atom. The molecule has 0 saturated carbocycles. The first-order chi connectivity index (χ1) is 22.1. The summed E-state index contributed by atoms with van der Waals surface area (Å²) in [6, 6.07) is 41.1. The quantitative estimate of drug-likeness (QED) is 0.176. The summed E-state index contributed by atoms with van der Waals surface area (Å²) in [7, 11) is -0.916. The molecule has 6 aromatic rings. The van der Waals surface area contributed by atoms with Gasteiger partial charge >= 0.3 is 0 Å². The average Bonchev–Trinajstić information content (AvgIpc) is 3.51. The smallest absolute Gasteiger partial charge is 0.217 e. The summed E-state index contributed by atoms with van der Waals surface area (Å²) in [6.45, 7) is 16.2. The van der Waals surface area contributed by atoms with Crippen LogP contribution in [0.1, 0.15) is 48.6 Å². The third-order valence-electron chi connectivity index (χ3n) is 9.14. The summed E-state index contributed by atoms with van der Waals surface area (Å²) >= 11 is 0. The van der Waals surface area contributed by atoms with Gasteiger partial charge in [-0.1, -0.05) is 146 Å². The van der Waals surface area contributed by atoms with Crippen molar-refractivity contribution in [3.63, 3.8) is 0 Å². The van der Waals surface area contributed by atoms with E-state index in [-0.39, 0.29) is 11.5 Å². The number of ether oxygens (including phenoxy) is 1. The third-order valence-corrected chi connectivity index (χ3v) is 11.5. The first-order valence-corrected chi connectivity index (χ1v) is 17.6. The standard InChI is InChI=1S/C43H42NOP/c1-27-20-28(2)23-33(22-27)46(34-24-29(3)21-30(4)25-34)38-19-17-32-13-9-11-15-36(32)41(38)40-35-14-10-8-12-31(35)16-18-37(40)42-44-39(26-45-42)43(5,6)7/h8-25,39H,26H2,1-7H3/t39-/m1/s1. The maximum Gasteiger partial charge on any atom is 0.217 e. The molecule has 7 rings (SSSR count). The Bertz CT molecular complexity index is 2060. The van der Waals surface area contributed by atoms with Crippen molar-refractivity contribution < 1.29 is 4.74 Å². The van der Waals surface area contributed by atoms with Gasteiger partial charge in [-0.25, -0.2) is 4.99 Å². The van der Waals surface area contributed by atoms with Gasteiger partial charge in [-0.3, -0.25) is 0 Å². The first-order valence-electron chi connectivity index (χ1n) is 16.3. The van der Waals surface area contributed by atoms with Gasteiger partial charge in [0.2, 0.25) is 5.90 Å². The molecule has 0 amide bonds. The molecule has 1 aliphatic rings. The van der Waals surface area contributed by atoms with Gasteiger partial charge in [0.1, 0.15) is 6.61 Å². The number of aryl methyl sites for hydroxylation is 4. The molecule has 0 aromatic heterocycles. The van der Waals surface area contributed by atoms with Crippen molar-refractivity contribution in [1.82, 2.24) is 0 Å². The van der Waals surface area contributed by atoms with Crippen LogP contribution >= 0.6 is 7.92 Å². The first kappa shape index (κ1) is 30.4. The van der Waals surface area contributed by atoms with Gasteiger partial charge in [-0.05, 0) is 90.1 Å². The maximum absolute atomic E-state index is 6.49. The minimum absolute atomic E-state index is 0.0176. The normalized spacial score (nSPS) is 15.0. The second kappa shape index (κ2) is 11.8. The Kier molecular flexibility index (Phi) is 7.82. The van der Waals surface area contributed by atoms with Crippen molar-refractivity contribution in [2.24, 2.45) is 10.4 Å². The van der Waals surface area contributed by atoms with Crippen molar-refractivity contribution in [2.75, 3.05) is 6.61 Å². The fourth-order valence-electron chi connectivity index (χ4n) is 6.98. The van der Waals surface area contributed by atoms with Gasteiger partial charge in [0, 0.05) is 11.1 Å². The highest BCUT2D eigenvalue weighted by Crippen LogP contribution is 2.44. The molecule has 1 atom stereocenters. The van der Waals surface area contributed by atoms with Crippen LogP contribution in [0.4, 0.5) is 0 Å². The number of aliphatic imine (C=N–C) groups is 1. The van der Waals surface area contributed by atoms with Gasteiger partial charge < -0.3 is 4.74 Å². The van der Waals surface area contributed by atoms with Gasteiger partial charge in [0.05, 0.1) is 6.04 Å². The Balaban J connectivity index is 1.62. The van der Waals surface area contributed by atoms with E-state index in [1.807, 2.05) is 0 Å². The van der Waals surface area contributed by atoms with Crippen LogP contribution in [0, 0.1) is 33.1 Å². The van der Waals surface area contributed by atoms with E-state index in [0.717, 1.165) is 11.5 Å². The highest BCUT2D eigenvalue weighted by atomic mass is 31.1. The molecular weight excluding hydrogens is 577 g/mol. The highest BCUT2D eigenvalue weighted by Gasteiger charge is 2.33. The van der Waals surface area contributed by atoms with E-state index in [4.69, 9.17) is 9.73 Å². The molecule has 0 fully saturated rings. The number of hydrogen-bond donors (Lipinski definition) is 0. The van der Waals surface area contributed by atoms with E-state index >= 15 is 0 Å². The molecule has 0 spiro atoms. The molecule has 2 nitrogen and oxygen atoms in total. The summed E-state index contributed by atoms with van der Waals surface area (Å²) in [6.07, 6.45) is 0. The minimum Gasteiger partial charge on any atom is -0.475 e. The zero-order chi connectivity index (χ0) is 32.2. The molecule has 0 aliphatic carbocycles. The lowest BCUT2D eigenvalue weighted by molar-refractivity contribution is 0.236. The third kappa shape index (κ3) is 5.65. The Hall–Kier alpha value is -4.26. The number of hydrogen-bond acceptors (Lipinski definition) is 2. The van der Waals surface area contributed by atoms with Gasteiger partial charge in [-0.2, -0.15) is 0 Å². The van der Waals surface area contributed by atoms with Crippen LogP contribution in [0.5, 0.6) is 0 Å². The fourth-order valence-corrected chi connectivity index (χ4v) is 9.84. The summed E-state index contributed by atoms with van der Waals surface area (Å²) in [4.78, 5) is 5.24. The number of nitrogens with zero attached hydrogens (tertiary/aromatic N) is 1. The zero-order valence-corrected chi connectivity index (χ0v) is 28.9. The fraction of sp³-hybridized carbons (Fsp3) is 0.233. The molecule has 46 heavy (non-hydrogen) atoms. The van der Waals surface area contributed by atoms with Crippen LogP contribution in [0.25, 0.3) is 32.7 Å². The van der Waals surface area contributed by atoms with E-state index in [0.29, 0.717) is 6.61 Å². The predicted molar refractivity (Wildman–Crippen MR) is 200 cm³/mol. The molecule has 0 radical (unpaired) electrons. The highest BCUT2D eigenvalue weighted by molar-refractivity contribution is 7.80. The topological polar surface area (TPSA) is 21.6 Å². The number of fused-ring (bicyclic) bond motifs is 2. The van der Waals surface area contributed by atoms with Crippen LogP contribution in [0.15, 0.2) is 114 Å². The number of rotatable bonds is 5. The lowest BCUT2D eigenvalue weighted by Gasteiger charge is -2.26. The Morgan fingerprint density at radius 2 is 1.11 bits per heavy atom. The van der Waals surface area contributed by atoms with Crippen molar-refractivity contribution in [3.05, 3.63) is 137 Å². The molecule has 230 valence electrons. The summed E-state index contributed by atoms with van der Waals surface area (Å²) in [5, 5.41) is 9.03. The van der Waals surface area contributed by atoms with Crippen LogP contribution in [-0.2, 0) is 4.74 Å². The zero-order valence-electron chi connectivity index (χ0n) is 28.0. The monoisotopic (exact) mass is 619 g/mol. The second-order valence-electron chi connectivity index (χ2n) is 14.0. The molecule has 3 heteroatoms. The van der Waals surface area contributed by atoms with E-state index in [1.54, 1.807) is 0 Å². The molecule has 1 heterocycles. The molecule has 0 N–H and O–H groups in total. The summed E-state index contributed by atoms with van der Waals surface area (Å²) in [5.41, 5.74) is 8.75. The second-order valence-corrected chi connectivity index (χ2v) is 16.2. The SMILES string of the molecule is Cc1cc(C)cc(P(c2cc(C)cc(C)c2)c2ccc3ccccc3c2-c2c(C3=N[C@@H](C(C)(C)C)CO3)ccc3ccccc23)c1. The van der Waals surface area contributed by atoms with Crippen LogP contribution in [0.2, 0.25) is 0 Å². The van der Waals surface area contributed by atoms with Gasteiger partial charge in [0.25, 0.3) is 0 Å². The van der Waals surface area contributed by atoms with Gasteiger partial charge in [0.15, 0.2) is 0 Å². The summed E-state index contributed by atoms with van der Waals surface area (Å²) in [5.74, 6) is 0.752. The van der Waals surface area contributed by atoms with Crippen LogP contribution in [0.3, 0.4) is 0 Å². The number of benzene rings is 6. The lowest BCUT2D eigenvalue weighted by atomic mass is 9.88. The maximum atomic E-state index is 6.49. The van der Waals surface area contributed by atoms with E-state index in [2.05, 4.69) is 158 Å². The molecule has 0 bridgehead atoms. The minimum atomic E-state index is -0.916. The molecule has 0 saturated heterocycles. The van der Waals surface area contributed by atoms with E-state index in [1.165, 1.54) is 70.8 Å². The summed E-state index contributed by atoms with van der Waals surface area (Å²) < 4.78 is 6.49. The predicted octanol–water partition coefficient (Wildman–Crippen LogP) is 9.84. The van der Waals surface area contributed by atoms with E-state index < -0.39 is 7.92 Å². The molecule has 6 aromatic carbocycles. The van der Waals surface area contributed by atoms with Crippen molar-refractivity contribution >= 4 is 51.3 Å². The Morgan fingerprint density at radius 1 is 0.609 bits per heavy atom. The van der Waals surface area contributed by atoms with Crippen molar-refractivity contribution in [3.8, 4) is 11.1 Å². The lowest BCUT2D eigenvalue weighted by Crippen LogP contribution is -2.25. The molecule has 0 unspecified atom stereocenters. The van der Waals surface area contributed by atoms with Crippen LogP contribution < -0.4 is 15.9 Å². The van der Waals surface area contributed by atoms with Crippen molar-refractivity contribution in [2.45, 2.75) is 54.5 Å². The average molecular weight is 620 g/mol. The largest absolute Gasteiger partial charge is 0.475 e. The molecular formula is C43H42NOP. The van der Waals surface area contributed by atoms with Gasteiger partial charge in [-0.15, -0.1) is 0 Å².